The minimum absolute atomic E-state index is 1.03. The van der Waals surface area contributed by atoms with Gasteiger partial charge in [-0.2, -0.15) is 0 Å². The van der Waals surface area contributed by atoms with Gasteiger partial charge in [-0.15, -0.1) is 0 Å². The van der Waals surface area contributed by atoms with Gasteiger partial charge in [0, 0.05) is 0 Å². The van der Waals surface area contributed by atoms with Gasteiger partial charge >= 0.3 is 0 Å². The molecular weight excluding hydrogens is 216 g/mol. The SMILES string of the molecule is CC1C2CC(C1C)C(C1CC3CC1C(C)C3C)C2. The van der Waals surface area contributed by atoms with E-state index in [1.54, 1.807) is 25.7 Å². The van der Waals surface area contributed by atoms with Crippen LogP contribution in [0.4, 0.5) is 0 Å². The van der Waals surface area contributed by atoms with Crippen LogP contribution < -0.4 is 0 Å². The molecule has 10 atom stereocenters. The van der Waals surface area contributed by atoms with E-state index in [0.717, 1.165) is 59.2 Å². The Kier molecular flexibility index (Phi) is 2.47. The van der Waals surface area contributed by atoms with Crippen LogP contribution >= 0.6 is 0 Å². The fourth-order valence-corrected chi connectivity index (χ4v) is 6.98. The molecule has 4 aliphatic rings. The Morgan fingerprint density at radius 3 is 1.06 bits per heavy atom. The molecule has 0 nitrogen and oxygen atoms in total. The summed E-state index contributed by atoms with van der Waals surface area (Å²) in [5.74, 6) is 10.8. The Morgan fingerprint density at radius 1 is 0.444 bits per heavy atom. The highest BCUT2D eigenvalue weighted by Crippen LogP contribution is 2.64. The first-order valence-electron chi connectivity index (χ1n) is 8.58. The molecule has 4 fully saturated rings. The molecule has 0 spiro atoms. The zero-order chi connectivity index (χ0) is 12.6. The van der Waals surface area contributed by atoms with Crippen LogP contribution in [0.15, 0.2) is 0 Å². The summed E-state index contributed by atoms with van der Waals surface area (Å²) >= 11 is 0. The maximum Gasteiger partial charge on any atom is -0.0349 e. The van der Waals surface area contributed by atoms with Gasteiger partial charge in [-0.05, 0) is 84.9 Å². The molecule has 4 rings (SSSR count). The topological polar surface area (TPSA) is 0 Å². The Balaban J connectivity index is 1.54. The summed E-state index contributed by atoms with van der Waals surface area (Å²) < 4.78 is 0. The molecule has 0 saturated heterocycles. The van der Waals surface area contributed by atoms with Crippen molar-refractivity contribution in [2.75, 3.05) is 0 Å². The summed E-state index contributed by atoms with van der Waals surface area (Å²) in [4.78, 5) is 0. The van der Waals surface area contributed by atoms with E-state index in [1.165, 1.54) is 0 Å². The second-order valence-electron chi connectivity index (χ2n) is 8.55. The van der Waals surface area contributed by atoms with Crippen LogP contribution in [0, 0.1) is 59.2 Å². The maximum atomic E-state index is 2.56. The van der Waals surface area contributed by atoms with Crippen LogP contribution in [0.3, 0.4) is 0 Å². The van der Waals surface area contributed by atoms with Crippen molar-refractivity contribution < 1.29 is 0 Å². The van der Waals surface area contributed by atoms with E-state index < -0.39 is 0 Å². The monoisotopic (exact) mass is 246 g/mol. The van der Waals surface area contributed by atoms with Crippen LogP contribution in [-0.4, -0.2) is 0 Å². The van der Waals surface area contributed by atoms with Crippen molar-refractivity contribution in [3.8, 4) is 0 Å². The van der Waals surface area contributed by atoms with Gasteiger partial charge in [0.05, 0.1) is 0 Å². The van der Waals surface area contributed by atoms with E-state index >= 15 is 0 Å². The van der Waals surface area contributed by atoms with Crippen molar-refractivity contribution in [3.05, 3.63) is 0 Å². The van der Waals surface area contributed by atoms with Gasteiger partial charge in [0.1, 0.15) is 0 Å². The van der Waals surface area contributed by atoms with Crippen molar-refractivity contribution in [3.63, 3.8) is 0 Å². The summed E-state index contributed by atoms with van der Waals surface area (Å²) in [5, 5.41) is 0. The standard InChI is InChI=1S/C18H30/c1-9-11(3)15-5-13(9)7-17(15)18-8-14-6-16(18)12(4)10(14)2/h9-18H,5-8H2,1-4H3. The third-order valence-electron chi connectivity index (χ3n) is 8.45. The normalized spacial score (nSPS) is 66.0. The minimum Gasteiger partial charge on any atom is -0.0620 e. The molecule has 18 heavy (non-hydrogen) atoms. The molecule has 0 radical (unpaired) electrons. The zero-order valence-electron chi connectivity index (χ0n) is 12.6. The summed E-state index contributed by atoms with van der Waals surface area (Å²) in [6.45, 7) is 10.2. The van der Waals surface area contributed by atoms with Crippen molar-refractivity contribution in [1.82, 2.24) is 0 Å². The van der Waals surface area contributed by atoms with Gasteiger partial charge in [-0.1, -0.05) is 27.7 Å². The second kappa shape index (κ2) is 3.76. The molecule has 0 heteroatoms. The quantitative estimate of drug-likeness (QED) is 0.621. The Morgan fingerprint density at radius 2 is 0.778 bits per heavy atom. The van der Waals surface area contributed by atoms with Gasteiger partial charge in [0.2, 0.25) is 0 Å². The zero-order valence-corrected chi connectivity index (χ0v) is 12.6. The second-order valence-corrected chi connectivity index (χ2v) is 8.55. The summed E-state index contributed by atoms with van der Waals surface area (Å²) in [5.41, 5.74) is 0. The summed E-state index contributed by atoms with van der Waals surface area (Å²) in [6.07, 6.45) is 6.38. The van der Waals surface area contributed by atoms with Crippen molar-refractivity contribution in [2.45, 2.75) is 53.4 Å². The van der Waals surface area contributed by atoms with Crippen LogP contribution in [0.25, 0.3) is 0 Å². The Bertz CT molecular complexity index is 308. The van der Waals surface area contributed by atoms with E-state index in [4.69, 9.17) is 0 Å². The highest BCUT2D eigenvalue weighted by molar-refractivity contribution is 5.06. The molecule has 0 aromatic heterocycles. The molecule has 0 N–H and O–H groups in total. The van der Waals surface area contributed by atoms with Gasteiger partial charge in [-0.3, -0.25) is 0 Å². The average Bonchev–Trinajstić information content (AvgIpc) is 3.06. The van der Waals surface area contributed by atoms with Crippen molar-refractivity contribution >= 4 is 0 Å². The predicted octanol–water partition coefficient (Wildman–Crippen LogP) is 4.84. The fourth-order valence-electron chi connectivity index (χ4n) is 6.98. The number of fused-ring (bicyclic) bond motifs is 4. The fraction of sp³-hybridized carbons (Fsp3) is 1.00. The molecule has 102 valence electrons. The molecule has 10 unspecified atom stereocenters. The van der Waals surface area contributed by atoms with Crippen LogP contribution in [-0.2, 0) is 0 Å². The molecule has 0 amide bonds. The molecular formula is C18H30. The van der Waals surface area contributed by atoms with Gasteiger partial charge < -0.3 is 0 Å². The van der Waals surface area contributed by atoms with E-state index in [1.807, 2.05) is 0 Å². The predicted molar refractivity (Wildman–Crippen MR) is 76.1 cm³/mol. The van der Waals surface area contributed by atoms with E-state index in [0.29, 0.717) is 0 Å². The van der Waals surface area contributed by atoms with E-state index in [-0.39, 0.29) is 0 Å². The lowest BCUT2D eigenvalue weighted by atomic mass is 9.64. The Labute approximate surface area is 113 Å². The Hall–Kier alpha value is 0. The van der Waals surface area contributed by atoms with Crippen molar-refractivity contribution in [1.29, 1.82) is 0 Å². The molecule has 0 aliphatic heterocycles. The number of rotatable bonds is 1. The van der Waals surface area contributed by atoms with Crippen LogP contribution in [0.5, 0.6) is 0 Å². The first-order chi connectivity index (χ1) is 8.58. The molecule has 0 heterocycles. The van der Waals surface area contributed by atoms with Crippen molar-refractivity contribution in [2.24, 2.45) is 59.2 Å². The third kappa shape index (κ3) is 1.33. The molecule has 4 saturated carbocycles. The van der Waals surface area contributed by atoms with Crippen LogP contribution in [0.2, 0.25) is 0 Å². The summed E-state index contributed by atoms with van der Waals surface area (Å²) in [6, 6.07) is 0. The molecule has 4 bridgehead atoms. The lowest BCUT2D eigenvalue weighted by Gasteiger charge is -2.41. The molecule has 4 aliphatic carbocycles. The minimum atomic E-state index is 1.03. The highest BCUT2D eigenvalue weighted by Gasteiger charge is 2.57. The summed E-state index contributed by atoms with van der Waals surface area (Å²) in [7, 11) is 0. The van der Waals surface area contributed by atoms with E-state index in [9.17, 15) is 0 Å². The number of hydrogen-bond donors (Lipinski definition) is 0. The van der Waals surface area contributed by atoms with Gasteiger partial charge in [-0.25, -0.2) is 0 Å². The lowest BCUT2D eigenvalue weighted by molar-refractivity contribution is 0.0704. The highest BCUT2D eigenvalue weighted by atomic mass is 14.6. The van der Waals surface area contributed by atoms with E-state index in [2.05, 4.69) is 27.7 Å². The smallest absolute Gasteiger partial charge is 0.0349 e. The van der Waals surface area contributed by atoms with Gasteiger partial charge in [0.25, 0.3) is 0 Å². The third-order valence-corrected chi connectivity index (χ3v) is 8.45. The van der Waals surface area contributed by atoms with Crippen LogP contribution in [0.1, 0.15) is 53.4 Å². The first-order valence-corrected chi connectivity index (χ1v) is 8.58. The first kappa shape index (κ1) is 11.8. The molecule has 0 aromatic rings. The average molecular weight is 246 g/mol. The lowest BCUT2D eigenvalue weighted by Crippen LogP contribution is -2.35. The largest absolute Gasteiger partial charge is 0.0620 e. The van der Waals surface area contributed by atoms with Gasteiger partial charge in [0.15, 0.2) is 0 Å². The number of hydrogen-bond acceptors (Lipinski definition) is 0. The molecule has 0 aromatic carbocycles. The maximum absolute atomic E-state index is 2.56.